The zero-order chi connectivity index (χ0) is 14.1. The second-order valence-corrected chi connectivity index (χ2v) is 4.95. The number of aromatic nitrogens is 2. The van der Waals surface area contributed by atoms with Crippen LogP contribution in [0.2, 0.25) is 0 Å². The molecule has 0 atom stereocenters. The Hall–Kier alpha value is -2.39. The fourth-order valence-electron chi connectivity index (χ4n) is 2.75. The summed E-state index contributed by atoms with van der Waals surface area (Å²) in [6, 6.07) is 7.59. The predicted octanol–water partition coefficient (Wildman–Crippen LogP) is 0.931. The van der Waals surface area contributed by atoms with Gasteiger partial charge < -0.3 is 11.1 Å². The molecule has 1 saturated heterocycles. The number of carbonyl (C=O) groups is 1. The summed E-state index contributed by atoms with van der Waals surface area (Å²) in [5.41, 5.74) is 6.78. The Morgan fingerprint density at radius 2 is 2.20 bits per heavy atom. The first-order valence-corrected chi connectivity index (χ1v) is 6.64. The fourth-order valence-corrected chi connectivity index (χ4v) is 2.75. The first-order valence-electron chi connectivity index (χ1n) is 6.64. The molecule has 3 rings (SSSR count). The highest BCUT2D eigenvalue weighted by Gasteiger charge is 2.22. The SMILES string of the molecule is N#Cc1c2cccc(C(N)=O)c2nn1C1CCNCC1. The van der Waals surface area contributed by atoms with E-state index < -0.39 is 5.91 Å². The Balaban J connectivity index is 2.20. The van der Waals surface area contributed by atoms with E-state index in [0.29, 0.717) is 22.2 Å². The lowest BCUT2D eigenvalue weighted by molar-refractivity contribution is 0.100. The highest BCUT2D eigenvalue weighted by Crippen LogP contribution is 2.27. The molecule has 1 fully saturated rings. The van der Waals surface area contributed by atoms with E-state index in [4.69, 9.17) is 5.73 Å². The summed E-state index contributed by atoms with van der Waals surface area (Å²) in [4.78, 5) is 11.5. The number of rotatable bonds is 2. The second kappa shape index (κ2) is 4.94. The molecular formula is C14H15N5O. The maximum atomic E-state index is 11.5. The van der Waals surface area contributed by atoms with Crippen LogP contribution < -0.4 is 11.1 Å². The molecule has 0 saturated carbocycles. The molecule has 1 aliphatic heterocycles. The number of nitrogens with one attached hydrogen (secondary N) is 1. The maximum absolute atomic E-state index is 11.5. The minimum Gasteiger partial charge on any atom is -0.366 e. The molecule has 102 valence electrons. The van der Waals surface area contributed by atoms with Crippen molar-refractivity contribution in [2.75, 3.05) is 13.1 Å². The van der Waals surface area contributed by atoms with Gasteiger partial charge in [-0.15, -0.1) is 0 Å². The number of primary amides is 1. The zero-order valence-corrected chi connectivity index (χ0v) is 11.0. The third-order valence-electron chi connectivity index (χ3n) is 3.75. The minimum atomic E-state index is -0.518. The van der Waals surface area contributed by atoms with Crippen molar-refractivity contribution in [3.05, 3.63) is 29.5 Å². The molecule has 0 aliphatic carbocycles. The molecule has 0 unspecified atom stereocenters. The van der Waals surface area contributed by atoms with E-state index in [0.717, 1.165) is 25.9 Å². The molecule has 0 bridgehead atoms. The molecule has 2 heterocycles. The van der Waals surface area contributed by atoms with Crippen LogP contribution in [-0.4, -0.2) is 28.8 Å². The Morgan fingerprint density at radius 1 is 1.45 bits per heavy atom. The van der Waals surface area contributed by atoms with E-state index in [-0.39, 0.29) is 6.04 Å². The molecule has 1 aromatic heterocycles. The summed E-state index contributed by atoms with van der Waals surface area (Å²) >= 11 is 0. The zero-order valence-electron chi connectivity index (χ0n) is 11.0. The summed E-state index contributed by atoms with van der Waals surface area (Å²) < 4.78 is 1.76. The Bertz CT molecular complexity index is 706. The molecule has 6 heteroatoms. The van der Waals surface area contributed by atoms with Gasteiger partial charge in [0.1, 0.15) is 17.3 Å². The van der Waals surface area contributed by atoms with Gasteiger partial charge in [0.05, 0.1) is 11.6 Å². The van der Waals surface area contributed by atoms with Gasteiger partial charge in [0, 0.05) is 5.39 Å². The first-order chi connectivity index (χ1) is 9.72. The quantitative estimate of drug-likeness (QED) is 0.847. The van der Waals surface area contributed by atoms with Gasteiger partial charge in [-0.3, -0.25) is 9.48 Å². The van der Waals surface area contributed by atoms with Gasteiger partial charge in [-0.2, -0.15) is 10.4 Å². The largest absolute Gasteiger partial charge is 0.366 e. The molecule has 3 N–H and O–H groups in total. The minimum absolute atomic E-state index is 0.194. The van der Waals surface area contributed by atoms with Crippen molar-refractivity contribution in [1.29, 1.82) is 5.26 Å². The van der Waals surface area contributed by atoms with Crippen molar-refractivity contribution in [2.24, 2.45) is 5.73 Å². The lowest BCUT2D eigenvalue weighted by Crippen LogP contribution is -2.30. The van der Waals surface area contributed by atoms with Gasteiger partial charge in [0.25, 0.3) is 5.91 Å². The van der Waals surface area contributed by atoms with Gasteiger partial charge in [-0.1, -0.05) is 6.07 Å². The average Bonchev–Trinajstić information content (AvgIpc) is 2.86. The van der Waals surface area contributed by atoms with Crippen LogP contribution in [0.4, 0.5) is 0 Å². The lowest BCUT2D eigenvalue weighted by Gasteiger charge is -2.23. The second-order valence-electron chi connectivity index (χ2n) is 4.95. The Labute approximate surface area is 116 Å². The number of amides is 1. The number of nitrogens with two attached hydrogens (primary N) is 1. The summed E-state index contributed by atoms with van der Waals surface area (Å²) in [6.07, 6.45) is 1.85. The predicted molar refractivity (Wildman–Crippen MR) is 74.1 cm³/mol. The number of fused-ring (bicyclic) bond motifs is 1. The number of nitriles is 1. The molecule has 20 heavy (non-hydrogen) atoms. The highest BCUT2D eigenvalue weighted by molar-refractivity contribution is 6.05. The summed E-state index contributed by atoms with van der Waals surface area (Å²) in [5, 5.41) is 17.9. The van der Waals surface area contributed by atoms with E-state index in [1.54, 1.807) is 16.8 Å². The van der Waals surface area contributed by atoms with E-state index in [2.05, 4.69) is 16.5 Å². The van der Waals surface area contributed by atoms with Crippen LogP contribution in [-0.2, 0) is 0 Å². The van der Waals surface area contributed by atoms with Crippen molar-refractivity contribution in [1.82, 2.24) is 15.1 Å². The monoisotopic (exact) mass is 269 g/mol. The Kier molecular flexibility index (Phi) is 3.12. The van der Waals surface area contributed by atoms with Gasteiger partial charge in [-0.25, -0.2) is 0 Å². The number of hydrogen-bond acceptors (Lipinski definition) is 4. The van der Waals surface area contributed by atoms with E-state index in [1.165, 1.54) is 0 Å². The van der Waals surface area contributed by atoms with Gasteiger partial charge in [0.2, 0.25) is 0 Å². The van der Waals surface area contributed by atoms with Crippen molar-refractivity contribution in [3.63, 3.8) is 0 Å². The molecule has 2 aromatic rings. The van der Waals surface area contributed by atoms with Gasteiger partial charge in [0.15, 0.2) is 0 Å². The van der Waals surface area contributed by atoms with E-state index in [1.807, 2.05) is 6.07 Å². The van der Waals surface area contributed by atoms with Gasteiger partial charge in [-0.05, 0) is 38.1 Å². The number of hydrogen-bond donors (Lipinski definition) is 2. The Morgan fingerprint density at radius 3 is 2.85 bits per heavy atom. The summed E-state index contributed by atoms with van der Waals surface area (Å²) in [5.74, 6) is -0.518. The smallest absolute Gasteiger partial charge is 0.250 e. The van der Waals surface area contributed by atoms with Crippen LogP contribution in [0.5, 0.6) is 0 Å². The fraction of sp³-hybridized carbons (Fsp3) is 0.357. The molecule has 1 aliphatic rings. The molecule has 1 amide bonds. The number of carbonyl (C=O) groups excluding carboxylic acids is 1. The van der Waals surface area contributed by atoms with Crippen molar-refractivity contribution >= 4 is 16.8 Å². The van der Waals surface area contributed by atoms with Crippen molar-refractivity contribution < 1.29 is 4.79 Å². The van der Waals surface area contributed by atoms with Crippen LogP contribution >= 0.6 is 0 Å². The van der Waals surface area contributed by atoms with Crippen LogP contribution in [0.3, 0.4) is 0 Å². The molecule has 0 spiro atoms. The molecule has 6 nitrogen and oxygen atoms in total. The maximum Gasteiger partial charge on any atom is 0.250 e. The highest BCUT2D eigenvalue weighted by atomic mass is 16.1. The van der Waals surface area contributed by atoms with E-state index >= 15 is 0 Å². The third-order valence-corrected chi connectivity index (χ3v) is 3.75. The van der Waals surface area contributed by atoms with Crippen LogP contribution in [0.1, 0.15) is 34.9 Å². The molecule has 0 radical (unpaired) electrons. The van der Waals surface area contributed by atoms with E-state index in [9.17, 15) is 10.1 Å². The van der Waals surface area contributed by atoms with Crippen molar-refractivity contribution in [2.45, 2.75) is 18.9 Å². The molecular weight excluding hydrogens is 254 g/mol. The number of benzene rings is 1. The average molecular weight is 269 g/mol. The third kappa shape index (κ3) is 1.92. The first kappa shape index (κ1) is 12.6. The van der Waals surface area contributed by atoms with Gasteiger partial charge >= 0.3 is 0 Å². The number of nitrogens with zero attached hydrogens (tertiary/aromatic N) is 3. The summed E-state index contributed by atoms with van der Waals surface area (Å²) in [6.45, 7) is 1.82. The number of piperidine rings is 1. The molecule has 1 aromatic carbocycles. The lowest BCUT2D eigenvalue weighted by atomic mass is 10.1. The van der Waals surface area contributed by atoms with Crippen LogP contribution in [0, 0.1) is 11.3 Å². The topological polar surface area (TPSA) is 96.7 Å². The normalized spacial score (nSPS) is 16.1. The van der Waals surface area contributed by atoms with Crippen LogP contribution in [0.25, 0.3) is 10.9 Å². The standard InChI is InChI=1S/C14H15N5O/c15-8-12-10-2-1-3-11(14(16)20)13(10)18-19(12)9-4-6-17-7-5-9/h1-3,9,17H,4-7H2,(H2,16,20). The van der Waals surface area contributed by atoms with Crippen LogP contribution in [0.15, 0.2) is 18.2 Å². The van der Waals surface area contributed by atoms with Crippen molar-refractivity contribution in [3.8, 4) is 6.07 Å². The summed E-state index contributed by atoms with van der Waals surface area (Å²) in [7, 11) is 0.